The van der Waals surface area contributed by atoms with E-state index in [1.54, 1.807) is 24.4 Å². The van der Waals surface area contributed by atoms with Crippen LogP contribution in [0.25, 0.3) is 11.3 Å². The van der Waals surface area contributed by atoms with Crippen molar-refractivity contribution in [1.29, 1.82) is 0 Å². The van der Waals surface area contributed by atoms with Crippen molar-refractivity contribution in [1.82, 2.24) is 14.2 Å². The Morgan fingerprint density at radius 3 is 2.34 bits per heavy atom. The van der Waals surface area contributed by atoms with E-state index in [1.807, 2.05) is 0 Å². The summed E-state index contributed by atoms with van der Waals surface area (Å²) in [6.45, 7) is 2.77. The molecule has 35 heavy (non-hydrogen) atoms. The van der Waals surface area contributed by atoms with Gasteiger partial charge in [0.2, 0.25) is 10.0 Å². The minimum Gasteiger partial charge on any atom is -0.450 e. The smallest absolute Gasteiger partial charge is 0.409 e. The Balaban J connectivity index is 1.38. The van der Waals surface area contributed by atoms with Crippen LogP contribution in [0.2, 0.25) is 0 Å². The van der Waals surface area contributed by atoms with Crippen molar-refractivity contribution in [2.24, 2.45) is 0 Å². The van der Waals surface area contributed by atoms with Gasteiger partial charge in [-0.3, -0.25) is 10.1 Å². The maximum Gasteiger partial charge on any atom is 0.409 e. The van der Waals surface area contributed by atoms with Crippen molar-refractivity contribution in [3.05, 3.63) is 65.3 Å². The molecule has 0 radical (unpaired) electrons. The second-order valence-electron chi connectivity index (χ2n) is 7.61. The number of thiazole rings is 1. The molecule has 0 unspecified atom stereocenters. The highest BCUT2D eigenvalue weighted by Crippen LogP contribution is 2.26. The fourth-order valence-electron chi connectivity index (χ4n) is 3.51. The summed E-state index contributed by atoms with van der Waals surface area (Å²) in [5, 5.41) is 4.81. The van der Waals surface area contributed by atoms with Crippen molar-refractivity contribution >= 4 is 38.5 Å². The molecule has 2 heterocycles. The van der Waals surface area contributed by atoms with Gasteiger partial charge < -0.3 is 9.64 Å². The van der Waals surface area contributed by atoms with Gasteiger partial charge in [-0.25, -0.2) is 22.6 Å². The van der Waals surface area contributed by atoms with Crippen LogP contribution in [0.4, 0.5) is 14.3 Å². The average molecular weight is 519 g/mol. The molecule has 0 saturated carbocycles. The van der Waals surface area contributed by atoms with Gasteiger partial charge in [-0.05, 0) is 55.5 Å². The van der Waals surface area contributed by atoms with E-state index in [9.17, 15) is 22.4 Å². The molecule has 1 N–H and O–H groups in total. The van der Waals surface area contributed by atoms with Gasteiger partial charge in [0.05, 0.1) is 17.2 Å². The molecule has 184 valence electrons. The van der Waals surface area contributed by atoms with Crippen molar-refractivity contribution in [3.63, 3.8) is 0 Å². The number of carbonyl (C=O) groups excluding carboxylic acids is 2. The molecule has 0 aliphatic carbocycles. The number of hydrogen-bond acceptors (Lipinski definition) is 7. The molecule has 2 aromatic carbocycles. The number of nitrogens with one attached hydrogen (secondary N) is 1. The number of ether oxygens (including phenoxy) is 1. The van der Waals surface area contributed by atoms with Crippen LogP contribution in [0.5, 0.6) is 0 Å². The third-order valence-electron chi connectivity index (χ3n) is 5.38. The Bertz CT molecular complexity index is 1300. The maximum absolute atomic E-state index is 13.1. The van der Waals surface area contributed by atoms with E-state index in [0.717, 1.165) is 5.56 Å². The summed E-state index contributed by atoms with van der Waals surface area (Å²) in [5.74, 6) is -0.779. The van der Waals surface area contributed by atoms with Crippen molar-refractivity contribution in [3.8, 4) is 11.3 Å². The lowest BCUT2D eigenvalue weighted by molar-refractivity contribution is 0.0933. The van der Waals surface area contributed by atoms with Crippen LogP contribution < -0.4 is 5.32 Å². The van der Waals surface area contributed by atoms with Crippen LogP contribution in [0, 0.1) is 5.82 Å². The predicted molar refractivity (Wildman–Crippen MR) is 129 cm³/mol. The lowest BCUT2D eigenvalue weighted by atomic mass is 10.2. The Morgan fingerprint density at radius 2 is 1.71 bits per heavy atom. The van der Waals surface area contributed by atoms with Gasteiger partial charge in [0, 0.05) is 42.7 Å². The fourth-order valence-corrected chi connectivity index (χ4v) is 5.64. The van der Waals surface area contributed by atoms with Crippen LogP contribution in [0.3, 0.4) is 0 Å². The van der Waals surface area contributed by atoms with E-state index in [4.69, 9.17) is 4.74 Å². The first kappa shape index (κ1) is 24.8. The number of hydrogen-bond donors (Lipinski definition) is 1. The fraction of sp³-hybridized carbons (Fsp3) is 0.261. The van der Waals surface area contributed by atoms with Gasteiger partial charge in [-0.1, -0.05) is 0 Å². The van der Waals surface area contributed by atoms with E-state index in [-0.39, 0.29) is 49.1 Å². The van der Waals surface area contributed by atoms with Gasteiger partial charge in [0.15, 0.2) is 5.13 Å². The van der Waals surface area contributed by atoms with Crippen LogP contribution in [0.15, 0.2) is 58.8 Å². The highest BCUT2D eigenvalue weighted by molar-refractivity contribution is 7.89. The Morgan fingerprint density at radius 1 is 1.06 bits per heavy atom. The van der Waals surface area contributed by atoms with Crippen LogP contribution in [-0.2, 0) is 14.8 Å². The molecule has 1 fully saturated rings. The molecule has 1 aliphatic rings. The largest absolute Gasteiger partial charge is 0.450 e. The molecule has 2 amide bonds. The first-order valence-electron chi connectivity index (χ1n) is 10.8. The van der Waals surface area contributed by atoms with Crippen molar-refractivity contribution in [2.45, 2.75) is 11.8 Å². The summed E-state index contributed by atoms with van der Waals surface area (Å²) in [7, 11) is -3.77. The third-order valence-corrected chi connectivity index (χ3v) is 8.05. The number of rotatable bonds is 6. The molecule has 9 nitrogen and oxygen atoms in total. The molecular weight excluding hydrogens is 495 g/mol. The quantitative estimate of drug-likeness (QED) is 0.534. The van der Waals surface area contributed by atoms with E-state index in [2.05, 4.69) is 10.3 Å². The molecule has 0 spiro atoms. The Hall–Kier alpha value is -3.35. The Kier molecular flexibility index (Phi) is 7.43. The molecule has 4 rings (SSSR count). The zero-order valence-corrected chi connectivity index (χ0v) is 20.4. The second-order valence-corrected chi connectivity index (χ2v) is 10.4. The Labute approximate surface area is 206 Å². The minimum atomic E-state index is -3.77. The number of aromatic nitrogens is 1. The lowest BCUT2D eigenvalue weighted by Gasteiger charge is -2.33. The van der Waals surface area contributed by atoms with Crippen LogP contribution >= 0.6 is 11.3 Å². The predicted octanol–water partition coefficient (Wildman–Crippen LogP) is 3.66. The maximum atomic E-state index is 13.1. The molecule has 3 aromatic rings. The van der Waals surface area contributed by atoms with E-state index < -0.39 is 22.0 Å². The van der Waals surface area contributed by atoms with Crippen LogP contribution in [-0.4, -0.2) is 67.4 Å². The van der Waals surface area contributed by atoms with Gasteiger partial charge in [-0.15, -0.1) is 11.3 Å². The molecule has 1 aliphatic heterocycles. The number of benzene rings is 2. The number of anilines is 1. The van der Waals surface area contributed by atoms with Gasteiger partial charge in [-0.2, -0.15) is 4.31 Å². The molecular formula is C23H23FN4O5S2. The first-order chi connectivity index (χ1) is 16.8. The molecule has 0 bridgehead atoms. The third kappa shape index (κ3) is 5.66. The lowest BCUT2D eigenvalue weighted by Crippen LogP contribution is -2.50. The van der Waals surface area contributed by atoms with E-state index >= 15 is 0 Å². The van der Waals surface area contributed by atoms with E-state index in [1.165, 1.54) is 56.9 Å². The topological polar surface area (TPSA) is 109 Å². The summed E-state index contributed by atoms with van der Waals surface area (Å²) >= 11 is 1.23. The molecule has 0 atom stereocenters. The zero-order valence-electron chi connectivity index (χ0n) is 18.8. The molecule has 1 saturated heterocycles. The van der Waals surface area contributed by atoms with E-state index in [0.29, 0.717) is 10.8 Å². The molecule has 1 aromatic heterocycles. The average Bonchev–Trinajstić information content (AvgIpc) is 3.33. The van der Waals surface area contributed by atoms with Crippen molar-refractivity contribution in [2.75, 3.05) is 38.1 Å². The monoisotopic (exact) mass is 518 g/mol. The summed E-state index contributed by atoms with van der Waals surface area (Å²) in [4.78, 5) is 30.3. The van der Waals surface area contributed by atoms with Gasteiger partial charge in [0.1, 0.15) is 5.82 Å². The number of nitrogens with zero attached hydrogens (tertiary/aromatic N) is 3. The van der Waals surface area contributed by atoms with Crippen LogP contribution in [0.1, 0.15) is 17.3 Å². The summed E-state index contributed by atoms with van der Waals surface area (Å²) < 4.78 is 45.3. The SMILES string of the molecule is CCOC(=O)N1CCN(S(=O)(=O)c2ccc(C(=O)Nc3nc(-c4ccc(F)cc4)cs3)cc2)CC1. The number of halogens is 1. The highest BCUT2D eigenvalue weighted by Gasteiger charge is 2.30. The second kappa shape index (κ2) is 10.5. The number of carbonyl (C=O) groups is 2. The number of sulfonamides is 1. The minimum absolute atomic E-state index is 0.0616. The number of piperazine rings is 1. The zero-order chi connectivity index (χ0) is 25.0. The normalized spacial score (nSPS) is 14.5. The first-order valence-corrected chi connectivity index (χ1v) is 13.1. The van der Waals surface area contributed by atoms with Gasteiger partial charge >= 0.3 is 6.09 Å². The van der Waals surface area contributed by atoms with Crippen molar-refractivity contribution < 1.29 is 27.1 Å². The standard InChI is InChI=1S/C23H23FN4O5S2/c1-2-33-23(30)27-11-13-28(14-12-27)35(31,32)19-9-5-17(6-10-19)21(29)26-22-25-20(15-34-22)16-3-7-18(24)8-4-16/h3-10,15H,2,11-14H2,1H3,(H,25,26,29). The highest BCUT2D eigenvalue weighted by atomic mass is 32.2. The molecule has 12 heteroatoms. The summed E-state index contributed by atoms with van der Waals surface area (Å²) in [6.07, 6.45) is -0.454. The summed E-state index contributed by atoms with van der Waals surface area (Å²) in [6, 6.07) is 11.5. The van der Waals surface area contributed by atoms with Gasteiger partial charge in [0.25, 0.3) is 5.91 Å². The summed E-state index contributed by atoms with van der Waals surface area (Å²) in [5.41, 5.74) is 1.60. The number of amides is 2.